The molecule has 0 amide bonds. The number of piperazine rings is 1. The molecule has 0 aromatic heterocycles. The maximum absolute atomic E-state index is 13.2. The van der Waals surface area contributed by atoms with Crippen LogP contribution in [0.25, 0.3) is 0 Å². The molecule has 1 aliphatic rings. The minimum absolute atomic E-state index is 0.104. The molecule has 1 fully saturated rings. The van der Waals surface area contributed by atoms with E-state index in [1.807, 2.05) is 0 Å². The quantitative estimate of drug-likeness (QED) is 0.453. The van der Waals surface area contributed by atoms with Gasteiger partial charge in [0.05, 0.1) is 15.5 Å². The third-order valence-corrected chi connectivity index (χ3v) is 7.73. The van der Waals surface area contributed by atoms with Crippen molar-refractivity contribution < 1.29 is 13.3 Å². The largest absolute Gasteiger partial charge is 0.378 e. The highest BCUT2D eigenvalue weighted by molar-refractivity contribution is 7.92. The van der Waals surface area contributed by atoms with Gasteiger partial charge in [0.15, 0.2) is 0 Å². The van der Waals surface area contributed by atoms with Crippen LogP contribution >= 0.6 is 0 Å². The first kappa shape index (κ1) is 24.0. The lowest BCUT2D eigenvalue weighted by molar-refractivity contribution is -0.384. The summed E-state index contributed by atoms with van der Waals surface area (Å²) in [5.41, 5.74) is 0.583. The van der Waals surface area contributed by atoms with E-state index in [9.17, 15) is 18.5 Å². The number of nitro groups is 1. The van der Waals surface area contributed by atoms with Gasteiger partial charge in [0.2, 0.25) is 0 Å². The second-order valence-electron chi connectivity index (χ2n) is 8.01. The van der Waals surface area contributed by atoms with E-state index in [1.165, 1.54) is 16.4 Å². The average Bonchev–Trinajstić information content (AvgIpc) is 2.78. The Balaban J connectivity index is 1.80. The summed E-state index contributed by atoms with van der Waals surface area (Å²) < 4.78 is 27.7. The van der Waals surface area contributed by atoms with Crippen LogP contribution in [0.4, 0.5) is 17.1 Å². The molecule has 0 bridgehead atoms. The van der Waals surface area contributed by atoms with Crippen molar-refractivity contribution in [1.82, 2.24) is 9.80 Å². The van der Waals surface area contributed by atoms with E-state index in [-0.39, 0.29) is 23.2 Å². The van der Waals surface area contributed by atoms with Gasteiger partial charge in [0.1, 0.15) is 5.69 Å². The highest BCUT2D eigenvalue weighted by Crippen LogP contribution is 2.31. The summed E-state index contributed by atoms with van der Waals surface area (Å²) in [4.78, 5) is 15.7. The van der Waals surface area contributed by atoms with Crippen LogP contribution in [0.3, 0.4) is 0 Å². The van der Waals surface area contributed by atoms with Crippen molar-refractivity contribution in [2.45, 2.75) is 24.8 Å². The van der Waals surface area contributed by atoms with E-state index >= 15 is 0 Å². The number of benzene rings is 2. The van der Waals surface area contributed by atoms with Crippen molar-refractivity contribution in [1.29, 1.82) is 0 Å². The molecule has 0 saturated carbocycles. The van der Waals surface area contributed by atoms with Crippen molar-refractivity contribution in [2.75, 3.05) is 55.9 Å². The van der Waals surface area contributed by atoms with Gasteiger partial charge in [-0.3, -0.25) is 19.3 Å². The van der Waals surface area contributed by atoms with E-state index in [2.05, 4.69) is 29.1 Å². The molecule has 0 aliphatic carbocycles. The smallest absolute Gasteiger partial charge is 0.293 e. The predicted octanol–water partition coefficient (Wildman–Crippen LogP) is 2.86. The molecule has 10 heteroatoms. The van der Waals surface area contributed by atoms with Crippen LogP contribution in [0.5, 0.6) is 0 Å². The van der Waals surface area contributed by atoms with Crippen molar-refractivity contribution >= 4 is 27.1 Å². The number of hydrogen-bond acceptors (Lipinski definition) is 7. The van der Waals surface area contributed by atoms with Crippen LogP contribution < -0.4 is 9.62 Å². The van der Waals surface area contributed by atoms with E-state index < -0.39 is 14.9 Å². The molecule has 1 atom stereocenters. The first-order valence-electron chi connectivity index (χ1n) is 10.8. The standard InChI is InChI=1S/C22H31N5O4S/c1-4-26(19-8-6-5-7-9-19)32(30,31)20-10-11-21(22(16-20)27(28)29)23-17-18(2)25-14-12-24(3)13-15-25/h5-11,16,18,23H,4,12-15,17H2,1-3H3. The topological polar surface area (TPSA) is 99.0 Å². The minimum Gasteiger partial charge on any atom is -0.378 e. The number of rotatable bonds is 9. The third-order valence-electron chi connectivity index (χ3n) is 5.83. The number of sulfonamides is 1. The molecule has 1 saturated heterocycles. The van der Waals surface area contributed by atoms with Gasteiger partial charge < -0.3 is 10.2 Å². The highest BCUT2D eigenvalue weighted by atomic mass is 32.2. The Morgan fingerprint density at radius 3 is 2.38 bits per heavy atom. The van der Waals surface area contributed by atoms with Gasteiger partial charge >= 0.3 is 0 Å². The van der Waals surface area contributed by atoms with Gasteiger partial charge in [-0.15, -0.1) is 0 Å². The predicted molar refractivity (Wildman–Crippen MR) is 127 cm³/mol. The van der Waals surface area contributed by atoms with Gasteiger partial charge in [-0.25, -0.2) is 8.42 Å². The Labute approximate surface area is 189 Å². The van der Waals surface area contributed by atoms with Crippen molar-refractivity contribution in [3.05, 3.63) is 58.6 Å². The van der Waals surface area contributed by atoms with Crippen LogP contribution in [0.2, 0.25) is 0 Å². The van der Waals surface area contributed by atoms with Crippen LogP contribution in [0, 0.1) is 10.1 Å². The molecule has 1 unspecified atom stereocenters. The summed E-state index contributed by atoms with van der Waals surface area (Å²) in [6.45, 7) is 8.44. The van der Waals surface area contributed by atoms with Crippen molar-refractivity contribution in [2.24, 2.45) is 0 Å². The lowest BCUT2D eigenvalue weighted by Gasteiger charge is -2.36. The molecule has 32 heavy (non-hydrogen) atoms. The molecule has 3 rings (SSSR count). The van der Waals surface area contributed by atoms with E-state index in [4.69, 9.17) is 0 Å². The van der Waals surface area contributed by atoms with Crippen LogP contribution in [-0.2, 0) is 10.0 Å². The van der Waals surface area contributed by atoms with Gasteiger partial charge in [-0.2, -0.15) is 0 Å². The van der Waals surface area contributed by atoms with Gasteiger partial charge in [0.25, 0.3) is 15.7 Å². The number of nitrogens with zero attached hydrogens (tertiary/aromatic N) is 4. The molecule has 9 nitrogen and oxygen atoms in total. The van der Waals surface area contributed by atoms with Crippen LogP contribution in [0.15, 0.2) is 53.4 Å². The Kier molecular flexibility index (Phi) is 7.70. The number of nitrogens with one attached hydrogen (secondary N) is 1. The molecule has 1 N–H and O–H groups in total. The Hall–Kier alpha value is -2.69. The lowest BCUT2D eigenvalue weighted by Crippen LogP contribution is -2.49. The zero-order valence-electron chi connectivity index (χ0n) is 18.8. The summed E-state index contributed by atoms with van der Waals surface area (Å²) in [7, 11) is -1.85. The third kappa shape index (κ3) is 5.37. The van der Waals surface area contributed by atoms with Gasteiger partial charge in [-0.1, -0.05) is 18.2 Å². The molecule has 0 radical (unpaired) electrons. The lowest BCUT2D eigenvalue weighted by atomic mass is 10.2. The summed E-state index contributed by atoms with van der Waals surface area (Å²) >= 11 is 0. The highest BCUT2D eigenvalue weighted by Gasteiger charge is 2.27. The fourth-order valence-electron chi connectivity index (χ4n) is 3.83. The van der Waals surface area contributed by atoms with E-state index in [0.717, 1.165) is 32.2 Å². The Morgan fingerprint density at radius 2 is 1.78 bits per heavy atom. The molecule has 2 aromatic carbocycles. The summed E-state index contributed by atoms with van der Waals surface area (Å²) in [5, 5.41) is 14.9. The zero-order valence-corrected chi connectivity index (χ0v) is 19.6. The molecule has 2 aromatic rings. The zero-order chi connectivity index (χ0) is 23.3. The number of hydrogen-bond donors (Lipinski definition) is 1. The van der Waals surface area contributed by atoms with Crippen molar-refractivity contribution in [3.63, 3.8) is 0 Å². The monoisotopic (exact) mass is 461 g/mol. The Morgan fingerprint density at radius 1 is 1.12 bits per heavy atom. The summed E-state index contributed by atoms with van der Waals surface area (Å²) in [6.07, 6.45) is 0. The fourth-order valence-corrected chi connectivity index (χ4v) is 5.33. The molecule has 1 aliphatic heterocycles. The molecule has 174 valence electrons. The minimum atomic E-state index is -3.94. The number of anilines is 2. The average molecular weight is 462 g/mol. The molecule has 1 heterocycles. The van der Waals surface area contributed by atoms with Crippen LogP contribution in [0.1, 0.15) is 13.8 Å². The molecular formula is C22H31N5O4S. The second kappa shape index (κ2) is 10.3. The first-order valence-corrected chi connectivity index (χ1v) is 12.2. The van der Waals surface area contributed by atoms with Crippen LogP contribution in [-0.4, -0.2) is 75.5 Å². The number of likely N-dealkylation sites (N-methyl/N-ethyl adjacent to an activating group) is 1. The maximum Gasteiger partial charge on any atom is 0.293 e. The van der Waals surface area contributed by atoms with Crippen molar-refractivity contribution in [3.8, 4) is 0 Å². The molecule has 0 spiro atoms. The number of nitro benzene ring substituents is 1. The second-order valence-corrected chi connectivity index (χ2v) is 9.87. The van der Waals surface area contributed by atoms with E-state index in [0.29, 0.717) is 17.9 Å². The number of para-hydroxylation sites is 1. The normalized spacial score (nSPS) is 16.5. The summed E-state index contributed by atoms with van der Waals surface area (Å²) in [6, 6.07) is 13.0. The SMILES string of the molecule is CCN(c1ccccc1)S(=O)(=O)c1ccc(NCC(C)N2CCN(C)CC2)c([N+](=O)[O-])c1. The van der Waals surface area contributed by atoms with Gasteiger partial charge in [0, 0.05) is 51.4 Å². The first-order chi connectivity index (χ1) is 15.2. The van der Waals surface area contributed by atoms with E-state index in [1.54, 1.807) is 37.3 Å². The maximum atomic E-state index is 13.2. The molecular weight excluding hydrogens is 430 g/mol. The fraction of sp³-hybridized carbons (Fsp3) is 0.455. The Bertz CT molecular complexity index is 1020. The summed E-state index contributed by atoms with van der Waals surface area (Å²) in [5.74, 6) is 0. The van der Waals surface area contributed by atoms with Gasteiger partial charge in [-0.05, 0) is 45.2 Å².